The van der Waals surface area contributed by atoms with Gasteiger partial charge in [0.15, 0.2) is 0 Å². The monoisotopic (exact) mass is 386 g/mol. The summed E-state index contributed by atoms with van der Waals surface area (Å²) < 4.78 is 5.26. The van der Waals surface area contributed by atoms with Gasteiger partial charge in [-0.3, -0.25) is 4.79 Å². The van der Waals surface area contributed by atoms with Crippen LogP contribution in [0.25, 0.3) is 22.0 Å². The highest BCUT2D eigenvalue weighted by Gasteiger charge is 2.17. The van der Waals surface area contributed by atoms with Crippen LogP contribution in [0.1, 0.15) is 5.56 Å². The molecule has 2 heterocycles. The predicted octanol–water partition coefficient (Wildman–Crippen LogP) is 3.75. The number of carbonyl (C=O) groups is 1. The fraction of sp³-hybridized carbons (Fsp3) is 0.130. The lowest BCUT2D eigenvalue weighted by Crippen LogP contribution is -2.37. The lowest BCUT2D eigenvalue weighted by molar-refractivity contribution is -0.117. The Morgan fingerprint density at radius 3 is 2.79 bits per heavy atom. The number of pyridine rings is 1. The summed E-state index contributed by atoms with van der Waals surface area (Å²) in [6.45, 7) is 0. The van der Waals surface area contributed by atoms with Crippen LogP contribution in [0.15, 0.2) is 73.1 Å². The highest BCUT2D eigenvalue weighted by atomic mass is 16.5. The fourth-order valence-corrected chi connectivity index (χ4v) is 3.29. The number of rotatable bonds is 6. The maximum Gasteiger partial charge on any atom is 0.242 e. The van der Waals surface area contributed by atoms with E-state index in [0.717, 1.165) is 33.3 Å². The van der Waals surface area contributed by atoms with E-state index in [-0.39, 0.29) is 5.91 Å². The van der Waals surface area contributed by atoms with Crippen LogP contribution in [0, 0.1) is 0 Å². The van der Waals surface area contributed by atoms with Crippen molar-refractivity contribution in [1.29, 1.82) is 0 Å². The van der Waals surface area contributed by atoms with Crippen LogP contribution in [-0.2, 0) is 11.2 Å². The van der Waals surface area contributed by atoms with Gasteiger partial charge in [-0.05, 0) is 47.9 Å². The zero-order valence-corrected chi connectivity index (χ0v) is 16.1. The van der Waals surface area contributed by atoms with Crippen LogP contribution in [0.3, 0.4) is 0 Å². The standard InChI is InChI=1S/C23H22N4O2/c1-29-18-6-4-5-15(11-18)16-9-10-22(26-13-16)27-23(28)20(24)12-17-14-25-21-8-3-2-7-19(17)21/h2-11,13-14,20,25H,12,24H2,1H3,(H,26,27,28). The zero-order valence-electron chi connectivity index (χ0n) is 16.1. The summed E-state index contributed by atoms with van der Waals surface area (Å²) >= 11 is 0. The molecular formula is C23H22N4O2. The van der Waals surface area contributed by atoms with Gasteiger partial charge in [0, 0.05) is 28.9 Å². The van der Waals surface area contributed by atoms with Crippen molar-refractivity contribution in [3.63, 3.8) is 0 Å². The molecule has 4 rings (SSSR count). The van der Waals surface area contributed by atoms with Crippen LogP contribution in [0.2, 0.25) is 0 Å². The Hall–Kier alpha value is -3.64. The Bertz CT molecular complexity index is 1140. The van der Waals surface area contributed by atoms with Gasteiger partial charge in [-0.15, -0.1) is 0 Å². The summed E-state index contributed by atoms with van der Waals surface area (Å²) in [6.07, 6.45) is 4.06. The Labute approximate surface area is 168 Å². The van der Waals surface area contributed by atoms with Crippen molar-refractivity contribution < 1.29 is 9.53 Å². The van der Waals surface area contributed by atoms with E-state index in [2.05, 4.69) is 15.3 Å². The molecule has 0 bridgehead atoms. The molecule has 0 saturated heterocycles. The number of carbonyl (C=O) groups excluding carboxylic acids is 1. The van der Waals surface area contributed by atoms with E-state index in [1.54, 1.807) is 19.4 Å². The highest BCUT2D eigenvalue weighted by Crippen LogP contribution is 2.24. The van der Waals surface area contributed by atoms with E-state index in [1.807, 2.05) is 60.8 Å². The number of amides is 1. The van der Waals surface area contributed by atoms with Gasteiger partial charge in [-0.25, -0.2) is 4.98 Å². The molecule has 2 aromatic carbocycles. The van der Waals surface area contributed by atoms with Gasteiger partial charge in [0.05, 0.1) is 13.2 Å². The largest absolute Gasteiger partial charge is 0.497 e. The van der Waals surface area contributed by atoms with Gasteiger partial charge in [0.25, 0.3) is 0 Å². The molecule has 0 saturated carbocycles. The van der Waals surface area contributed by atoms with E-state index in [1.165, 1.54) is 0 Å². The quantitative estimate of drug-likeness (QED) is 0.470. The molecule has 6 heteroatoms. The average molecular weight is 386 g/mol. The number of hydrogen-bond acceptors (Lipinski definition) is 4. The first-order valence-electron chi connectivity index (χ1n) is 9.36. The molecule has 0 spiro atoms. The topological polar surface area (TPSA) is 93.0 Å². The minimum atomic E-state index is -0.672. The van der Waals surface area contributed by atoms with E-state index >= 15 is 0 Å². The predicted molar refractivity (Wildman–Crippen MR) is 115 cm³/mol. The molecule has 0 aliphatic carbocycles. The van der Waals surface area contributed by atoms with Gasteiger partial charge in [-0.1, -0.05) is 30.3 Å². The highest BCUT2D eigenvalue weighted by molar-refractivity contribution is 5.95. The smallest absolute Gasteiger partial charge is 0.242 e. The van der Waals surface area contributed by atoms with Crippen LogP contribution >= 0.6 is 0 Å². The molecule has 29 heavy (non-hydrogen) atoms. The summed E-state index contributed by atoms with van der Waals surface area (Å²) in [6, 6.07) is 18.7. The SMILES string of the molecule is COc1cccc(-c2ccc(NC(=O)C(N)Cc3c[nH]c4ccccc34)nc2)c1. The Kier molecular flexibility index (Phi) is 5.27. The lowest BCUT2D eigenvalue weighted by atomic mass is 10.1. The molecular weight excluding hydrogens is 364 g/mol. The van der Waals surface area contributed by atoms with Crippen molar-refractivity contribution in [3.8, 4) is 16.9 Å². The van der Waals surface area contributed by atoms with Crippen molar-refractivity contribution in [1.82, 2.24) is 9.97 Å². The van der Waals surface area contributed by atoms with E-state index in [4.69, 9.17) is 10.5 Å². The third-order valence-corrected chi connectivity index (χ3v) is 4.87. The maximum absolute atomic E-state index is 12.5. The minimum absolute atomic E-state index is 0.267. The van der Waals surface area contributed by atoms with Crippen LogP contribution < -0.4 is 15.8 Å². The first-order valence-corrected chi connectivity index (χ1v) is 9.36. The van der Waals surface area contributed by atoms with Crippen molar-refractivity contribution in [2.24, 2.45) is 5.73 Å². The Morgan fingerprint density at radius 1 is 1.14 bits per heavy atom. The maximum atomic E-state index is 12.5. The third kappa shape index (κ3) is 4.12. The minimum Gasteiger partial charge on any atom is -0.497 e. The van der Waals surface area contributed by atoms with Crippen LogP contribution in [-0.4, -0.2) is 29.0 Å². The van der Waals surface area contributed by atoms with Gasteiger partial charge in [0.1, 0.15) is 11.6 Å². The summed E-state index contributed by atoms with van der Waals surface area (Å²) in [5.74, 6) is 0.982. The number of anilines is 1. The number of aromatic nitrogens is 2. The van der Waals surface area contributed by atoms with Crippen molar-refractivity contribution in [2.75, 3.05) is 12.4 Å². The number of nitrogens with one attached hydrogen (secondary N) is 2. The summed E-state index contributed by atoms with van der Waals surface area (Å²) in [5.41, 5.74) is 10.1. The number of ether oxygens (including phenoxy) is 1. The van der Waals surface area contributed by atoms with Gasteiger partial charge in [-0.2, -0.15) is 0 Å². The second-order valence-electron chi connectivity index (χ2n) is 6.82. The molecule has 0 fully saturated rings. The van der Waals surface area contributed by atoms with E-state index in [0.29, 0.717) is 12.2 Å². The molecule has 0 radical (unpaired) electrons. The Morgan fingerprint density at radius 2 is 2.00 bits per heavy atom. The Balaban J connectivity index is 1.42. The van der Waals surface area contributed by atoms with Crippen molar-refractivity contribution in [3.05, 3.63) is 78.6 Å². The number of para-hydroxylation sites is 1. The zero-order chi connectivity index (χ0) is 20.2. The summed E-state index contributed by atoms with van der Waals surface area (Å²) in [5, 5.41) is 3.87. The molecule has 1 amide bonds. The number of benzene rings is 2. The number of methoxy groups -OCH3 is 1. The molecule has 4 N–H and O–H groups in total. The molecule has 6 nitrogen and oxygen atoms in total. The number of fused-ring (bicyclic) bond motifs is 1. The molecule has 4 aromatic rings. The third-order valence-electron chi connectivity index (χ3n) is 4.87. The number of aromatic amines is 1. The second-order valence-corrected chi connectivity index (χ2v) is 6.82. The van der Waals surface area contributed by atoms with Crippen molar-refractivity contribution in [2.45, 2.75) is 12.5 Å². The fourth-order valence-electron chi connectivity index (χ4n) is 3.29. The number of nitrogens with two attached hydrogens (primary N) is 1. The molecule has 0 aliphatic heterocycles. The van der Waals surface area contributed by atoms with E-state index in [9.17, 15) is 4.79 Å². The van der Waals surface area contributed by atoms with Gasteiger partial charge < -0.3 is 20.8 Å². The molecule has 1 unspecified atom stereocenters. The summed E-state index contributed by atoms with van der Waals surface area (Å²) in [4.78, 5) is 20.1. The first kappa shape index (κ1) is 18.7. The second kappa shape index (κ2) is 8.16. The van der Waals surface area contributed by atoms with Crippen LogP contribution in [0.5, 0.6) is 5.75 Å². The first-order chi connectivity index (χ1) is 14.1. The van der Waals surface area contributed by atoms with Gasteiger partial charge in [0.2, 0.25) is 5.91 Å². The van der Waals surface area contributed by atoms with Crippen LogP contribution in [0.4, 0.5) is 5.82 Å². The normalized spacial score (nSPS) is 11.9. The molecule has 0 aliphatic rings. The number of nitrogens with zero attached hydrogens (tertiary/aromatic N) is 1. The van der Waals surface area contributed by atoms with Gasteiger partial charge >= 0.3 is 0 Å². The molecule has 2 aromatic heterocycles. The number of hydrogen-bond donors (Lipinski definition) is 3. The number of H-pyrrole nitrogens is 1. The summed E-state index contributed by atoms with van der Waals surface area (Å²) in [7, 11) is 1.63. The lowest BCUT2D eigenvalue weighted by Gasteiger charge is -2.12. The molecule has 146 valence electrons. The van der Waals surface area contributed by atoms with E-state index < -0.39 is 6.04 Å². The van der Waals surface area contributed by atoms with Crippen molar-refractivity contribution >= 4 is 22.6 Å². The molecule has 1 atom stereocenters. The average Bonchev–Trinajstić information content (AvgIpc) is 3.17.